The van der Waals surface area contributed by atoms with Crippen molar-refractivity contribution >= 4 is 11.6 Å². The first-order valence-corrected chi connectivity index (χ1v) is 6.12. The van der Waals surface area contributed by atoms with Crippen molar-refractivity contribution in [2.75, 3.05) is 0 Å². The molecular weight excluding hydrogens is 250 g/mol. The maximum atomic E-state index is 5.76. The smallest absolute Gasteiger partial charge is 0.129 e. The molecule has 1 unspecified atom stereocenters. The first kappa shape index (κ1) is 13.0. The van der Waals surface area contributed by atoms with Crippen LogP contribution in [0.15, 0.2) is 30.7 Å². The van der Waals surface area contributed by atoms with E-state index in [0.717, 1.165) is 18.4 Å². The second-order valence-electron chi connectivity index (χ2n) is 4.19. The van der Waals surface area contributed by atoms with Gasteiger partial charge in [-0.3, -0.25) is 16.0 Å². The molecule has 5 nitrogen and oxygen atoms in total. The number of nitrogens with zero attached hydrogens (tertiary/aromatic N) is 3. The zero-order chi connectivity index (χ0) is 13.0. The van der Waals surface area contributed by atoms with Crippen molar-refractivity contribution < 1.29 is 0 Å². The number of pyridine rings is 1. The molecule has 2 aromatic rings. The maximum Gasteiger partial charge on any atom is 0.129 e. The Bertz CT molecular complexity index is 493. The van der Waals surface area contributed by atoms with Crippen LogP contribution < -0.4 is 11.3 Å². The minimum Gasteiger partial charge on any atom is -0.276 e. The van der Waals surface area contributed by atoms with E-state index in [-0.39, 0.29) is 6.04 Å². The van der Waals surface area contributed by atoms with E-state index in [1.54, 1.807) is 16.9 Å². The van der Waals surface area contributed by atoms with E-state index in [1.807, 2.05) is 25.5 Å². The Morgan fingerprint density at radius 3 is 2.83 bits per heavy atom. The van der Waals surface area contributed by atoms with Crippen LogP contribution in [0.5, 0.6) is 0 Å². The predicted molar refractivity (Wildman–Crippen MR) is 70.8 cm³/mol. The van der Waals surface area contributed by atoms with Gasteiger partial charge in [-0.25, -0.2) is 4.98 Å². The average Bonchev–Trinajstić information content (AvgIpc) is 2.78. The Morgan fingerprint density at radius 1 is 1.44 bits per heavy atom. The normalized spacial score (nSPS) is 12.6. The highest BCUT2D eigenvalue weighted by Crippen LogP contribution is 2.18. The van der Waals surface area contributed by atoms with Crippen molar-refractivity contribution in [1.29, 1.82) is 0 Å². The second kappa shape index (κ2) is 5.95. The molecule has 18 heavy (non-hydrogen) atoms. The highest BCUT2D eigenvalue weighted by Gasteiger charge is 2.10. The van der Waals surface area contributed by atoms with Gasteiger partial charge in [-0.2, -0.15) is 5.10 Å². The van der Waals surface area contributed by atoms with E-state index in [1.165, 1.54) is 5.56 Å². The number of nitrogens with one attached hydrogen (secondary N) is 1. The standard InChI is InChI=1S/C12H16ClN5/c1-18-8-9(6-16-18)2-4-11(17-14)10-3-5-12(13)15-7-10/h3,5-8,11,17H,2,4,14H2,1H3. The monoisotopic (exact) mass is 265 g/mol. The van der Waals surface area contributed by atoms with E-state index in [4.69, 9.17) is 17.4 Å². The van der Waals surface area contributed by atoms with E-state index in [2.05, 4.69) is 15.5 Å². The summed E-state index contributed by atoms with van der Waals surface area (Å²) in [5, 5.41) is 4.63. The number of hydrogen-bond acceptors (Lipinski definition) is 4. The van der Waals surface area contributed by atoms with Gasteiger partial charge >= 0.3 is 0 Å². The number of rotatable bonds is 5. The lowest BCUT2D eigenvalue weighted by molar-refractivity contribution is 0.515. The second-order valence-corrected chi connectivity index (χ2v) is 4.58. The largest absolute Gasteiger partial charge is 0.276 e. The molecule has 96 valence electrons. The van der Waals surface area contributed by atoms with Crippen LogP contribution in [0, 0.1) is 0 Å². The topological polar surface area (TPSA) is 68.8 Å². The summed E-state index contributed by atoms with van der Waals surface area (Å²) in [6, 6.07) is 3.77. The Labute approximate surface area is 111 Å². The van der Waals surface area contributed by atoms with E-state index in [9.17, 15) is 0 Å². The molecule has 0 amide bonds. The Kier molecular flexibility index (Phi) is 4.30. The molecular formula is C12H16ClN5. The van der Waals surface area contributed by atoms with Gasteiger partial charge in [0, 0.05) is 25.5 Å². The molecule has 6 heteroatoms. The van der Waals surface area contributed by atoms with Crippen molar-refractivity contribution in [2.45, 2.75) is 18.9 Å². The molecule has 0 bridgehead atoms. The van der Waals surface area contributed by atoms with Gasteiger partial charge in [-0.05, 0) is 30.0 Å². The van der Waals surface area contributed by atoms with Gasteiger partial charge in [0.25, 0.3) is 0 Å². The zero-order valence-corrected chi connectivity index (χ0v) is 10.9. The summed E-state index contributed by atoms with van der Waals surface area (Å²) in [6.45, 7) is 0. The number of aromatic nitrogens is 3. The van der Waals surface area contributed by atoms with Crippen molar-refractivity contribution in [3.63, 3.8) is 0 Å². The summed E-state index contributed by atoms with van der Waals surface area (Å²) in [5.41, 5.74) is 5.03. The lowest BCUT2D eigenvalue weighted by Crippen LogP contribution is -2.28. The van der Waals surface area contributed by atoms with Crippen LogP contribution in [0.1, 0.15) is 23.6 Å². The molecule has 0 saturated heterocycles. The summed E-state index contributed by atoms with van der Waals surface area (Å²) in [6.07, 6.45) is 7.41. The molecule has 0 spiro atoms. The van der Waals surface area contributed by atoms with E-state index >= 15 is 0 Å². The lowest BCUT2D eigenvalue weighted by atomic mass is 10.0. The SMILES string of the molecule is Cn1cc(CCC(NN)c2ccc(Cl)nc2)cn1. The molecule has 0 aliphatic carbocycles. The molecule has 2 heterocycles. The van der Waals surface area contributed by atoms with Gasteiger partial charge in [0.05, 0.1) is 6.20 Å². The third kappa shape index (κ3) is 3.29. The van der Waals surface area contributed by atoms with Crippen LogP contribution in [0.4, 0.5) is 0 Å². The molecule has 0 radical (unpaired) electrons. The van der Waals surface area contributed by atoms with Crippen molar-refractivity contribution in [2.24, 2.45) is 12.9 Å². The Morgan fingerprint density at radius 2 is 2.28 bits per heavy atom. The van der Waals surface area contributed by atoms with Crippen molar-refractivity contribution in [3.8, 4) is 0 Å². The van der Waals surface area contributed by atoms with Crippen molar-refractivity contribution in [3.05, 3.63) is 47.0 Å². The summed E-state index contributed by atoms with van der Waals surface area (Å²) >= 11 is 5.76. The number of aryl methyl sites for hydroxylation is 2. The zero-order valence-electron chi connectivity index (χ0n) is 10.2. The molecule has 3 N–H and O–H groups in total. The Balaban J connectivity index is 1.99. The third-order valence-corrected chi connectivity index (χ3v) is 3.06. The summed E-state index contributed by atoms with van der Waals surface area (Å²) in [5.74, 6) is 5.58. The van der Waals surface area contributed by atoms with Gasteiger partial charge < -0.3 is 0 Å². The molecule has 1 atom stereocenters. The molecule has 2 aromatic heterocycles. The van der Waals surface area contributed by atoms with Gasteiger partial charge in [-0.1, -0.05) is 17.7 Å². The van der Waals surface area contributed by atoms with Gasteiger partial charge in [0.15, 0.2) is 0 Å². The average molecular weight is 266 g/mol. The number of nitrogens with two attached hydrogens (primary N) is 1. The van der Waals surface area contributed by atoms with Gasteiger partial charge in [-0.15, -0.1) is 0 Å². The first-order valence-electron chi connectivity index (χ1n) is 5.74. The fourth-order valence-corrected chi connectivity index (χ4v) is 1.96. The van der Waals surface area contributed by atoms with Crippen LogP contribution in [-0.4, -0.2) is 14.8 Å². The summed E-state index contributed by atoms with van der Waals surface area (Å²) in [7, 11) is 1.91. The quantitative estimate of drug-likeness (QED) is 0.490. The van der Waals surface area contributed by atoms with Gasteiger partial charge in [0.1, 0.15) is 5.15 Å². The lowest BCUT2D eigenvalue weighted by Gasteiger charge is -2.15. The predicted octanol–water partition coefficient (Wildman–Crippen LogP) is 1.61. The van der Waals surface area contributed by atoms with Gasteiger partial charge in [0.2, 0.25) is 0 Å². The fourth-order valence-electron chi connectivity index (χ4n) is 1.85. The number of hydrogen-bond donors (Lipinski definition) is 2. The van der Waals surface area contributed by atoms with Crippen LogP contribution in [0.3, 0.4) is 0 Å². The van der Waals surface area contributed by atoms with E-state index < -0.39 is 0 Å². The minimum atomic E-state index is 0.0648. The van der Waals surface area contributed by atoms with Crippen LogP contribution in [0.2, 0.25) is 5.15 Å². The molecule has 0 aliphatic rings. The summed E-state index contributed by atoms with van der Waals surface area (Å²) in [4.78, 5) is 4.06. The molecule has 0 fully saturated rings. The highest BCUT2D eigenvalue weighted by molar-refractivity contribution is 6.29. The highest BCUT2D eigenvalue weighted by atomic mass is 35.5. The maximum absolute atomic E-state index is 5.76. The molecule has 0 aromatic carbocycles. The third-order valence-electron chi connectivity index (χ3n) is 2.83. The minimum absolute atomic E-state index is 0.0648. The van der Waals surface area contributed by atoms with Crippen LogP contribution in [0.25, 0.3) is 0 Å². The van der Waals surface area contributed by atoms with Crippen LogP contribution in [-0.2, 0) is 13.5 Å². The molecule has 0 saturated carbocycles. The Hall–Kier alpha value is -1.43. The molecule has 2 rings (SSSR count). The van der Waals surface area contributed by atoms with Crippen molar-refractivity contribution in [1.82, 2.24) is 20.2 Å². The fraction of sp³-hybridized carbons (Fsp3) is 0.333. The molecule has 0 aliphatic heterocycles. The first-order chi connectivity index (χ1) is 8.69. The number of hydrazine groups is 1. The number of halogens is 1. The van der Waals surface area contributed by atoms with Crippen LogP contribution >= 0.6 is 11.6 Å². The summed E-state index contributed by atoms with van der Waals surface area (Å²) < 4.78 is 1.80. The van der Waals surface area contributed by atoms with E-state index in [0.29, 0.717) is 5.15 Å².